The average molecular weight is 250 g/mol. The molecule has 0 amide bonds. The summed E-state index contributed by atoms with van der Waals surface area (Å²) >= 11 is 0. The van der Waals surface area contributed by atoms with Crippen LogP contribution >= 0.6 is 0 Å². The number of rotatable bonds is 4. The third-order valence-corrected chi connectivity index (χ3v) is 3.54. The van der Waals surface area contributed by atoms with Crippen LogP contribution in [-0.4, -0.2) is 42.4 Å². The molecule has 1 aliphatic rings. The molecule has 4 nitrogen and oxygen atoms in total. The number of hydrogen-bond acceptors (Lipinski definition) is 4. The lowest BCUT2D eigenvalue weighted by Crippen LogP contribution is -2.44. The maximum atomic E-state index is 9.80. The van der Waals surface area contributed by atoms with Gasteiger partial charge >= 0.3 is 0 Å². The second-order valence-electron chi connectivity index (χ2n) is 5.05. The van der Waals surface area contributed by atoms with Crippen LogP contribution in [-0.2, 0) is 0 Å². The highest BCUT2D eigenvalue weighted by atomic mass is 16.5. The Kier molecular flexibility index (Phi) is 4.44. The van der Waals surface area contributed by atoms with Crippen molar-refractivity contribution in [2.75, 3.05) is 32.0 Å². The van der Waals surface area contributed by atoms with Gasteiger partial charge in [-0.3, -0.25) is 4.90 Å². The lowest BCUT2D eigenvalue weighted by atomic mass is 9.96. The molecule has 1 saturated heterocycles. The first-order valence-electron chi connectivity index (χ1n) is 6.54. The van der Waals surface area contributed by atoms with E-state index in [0.717, 1.165) is 37.5 Å². The maximum absolute atomic E-state index is 9.80. The standard InChI is InChI=1S/C14H22N2O2/c1-11-5-6-16(10-14(11)17)7-8-18-13-4-2-3-12(15)9-13/h2-4,9,11,14,17H,5-8,10,15H2,1H3. The van der Waals surface area contributed by atoms with Gasteiger partial charge in [0.2, 0.25) is 0 Å². The van der Waals surface area contributed by atoms with Crippen LogP contribution in [0.5, 0.6) is 5.75 Å². The van der Waals surface area contributed by atoms with Crippen molar-refractivity contribution in [3.8, 4) is 5.75 Å². The first-order valence-corrected chi connectivity index (χ1v) is 6.54. The first-order chi connectivity index (χ1) is 8.65. The van der Waals surface area contributed by atoms with Crippen LogP contribution in [0.4, 0.5) is 5.69 Å². The molecule has 0 saturated carbocycles. The van der Waals surface area contributed by atoms with E-state index < -0.39 is 0 Å². The number of anilines is 1. The predicted molar refractivity (Wildman–Crippen MR) is 72.6 cm³/mol. The molecule has 4 heteroatoms. The highest BCUT2D eigenvalue weighted by Crippen LogP contribution is 2.17. The molecule has 0 aromatic heterocycles. The molecule has 0 radical (unpaired) electrons. The van der Waals surface area contributed by atoms with E-state index in [0.29, 0.717) is 12.5 Å². The summed E-state index contributed by atoms with van der Waals surface area (Å²) in [5.41, 5.74) is 6.40. The molecular weight excluding hydrogens is 228 g/mol. The van der Waals surface area contributed by atoms with E-state index in [2.05, 4.69) is 11.8 Å². The average Bonchev–Trinajstić information content (AvgIpc) is 2.34. The summed E-state index contributed by atoms with van der Waals surface area (Å²) in [4.78, 5) is 2.25. The number of benzene rings is 1. The summed E-state index contributed by atoms with van der Waals surface area (Å²) in [6.45, 7) is 5.37. The summed E-state index contributed by atoms with van der Waals surface area (Å²) in [6, 6.07) is 7.46. The van der Waals surface area contributed by atoms with Gasteiger partial charge in [0.05, 0.1) is 6.10 Å². The lowest BCUT2D eigenvalue weighted by Gasteiger charge is -2.34. The fourth-order valence-corrected chi connectivity index (χ4v) is 2.21. The van der Waals surface area contributed by atoms with E-state index in [1.165, 1.54) is 0 Å². The Morgan fingerprint density at radius 1 is 1.50 bits per heavy atom. The largest absolute Gasteiger partial charge is 0.492 e. The molecular formula is C14H22N2O2. The zero-order valence-corrected chi connectivity index (χ0v) is 10.9. The number of aliphatic hydroxyl groups is 1. The van der Waals surface area contributed by atoms with Crippen molar-refractivity contribution >= 4 is 5.69 Å². The minimum atomic E-state index is -0.203. The Labute approximate surface area is 108 Å². The number of nitrogens with two attached hydrogens (primary N) is 1. The van der Waals surface area contributed by atoms with Gasteiger partial charge in [0.1, 0.15) is 12.4 Å². The minimum absolute atomic E-state index is 0.203. The second-order valence-corrected chi connectivity index (χ2v) is 5.05. The van der Waals surface area contributed by atoms with Gasteiger partial charge in [0.25, 0.3) is 0 Å². The van der Waals surface area contributed by atoms with E-state index in [9.17, 15) is 5.11 Å². The predicted octanol–water partition coefficient (Wildman–Crippen LogP) is 1.35. The maximum Gasteiger partial charge on any atom is 0.121 e. The number of nitrogen functional groups attached to an aromatic ring is 1. The first kappa shape index (κ1) is 13.2. The molecule has 0 spiro atoms. The topological polar surface area (TPSA) is 58.7 Å². The molecule has 1 fully saturated rings. The summed E-state index contributed by atoms with van der Waals surface area (Å²) in [7, 11) is 0. The van der Waals surface area contributed by atoms with Gasteiger partial charge in [-0.25, -0.2) is 0 Å². The number of β-amino-alcohol motifs (C(OH)–C–C–N with tert-alkyl or cyclic N) is 1. The van der Waals surface area contributed by atoms with Crippen molar-refractivity contribution in [3.63, 3.8) is 0 Å². The SMILES string of the molecule is CC1CCN(CCOc2cccc(N)c2)CC1O. The van der Waals surface area contributed by atoms with Crippen molar-refractivity contribution in [2.45, 2.75) is 19.4 Å². The molecule has 100 valence electrons. The molecule has 2 unspecified atom stereocenters. The molecule has 1 aliphatic heterocycles. The smallest absolute Gasteiger partial charge is 0.121 e. The van der Waals surface area contributed by atoms with Crippen LogP contribution in [0, 0.1) is 5.92 Å². The molecule has 0 aliphatic carbocycles. The van der Waals surface area contributed by atoms with E-state index in [4.69, 9.17) is 10.5 Å². The molecule has 1 aromatic carbocycles. The molecule has 2 atom stereocenters. The van der Waals surface area contributed by atoms with Gasteiger partial charge in [-0.1, -0.05) is 13.0 Å². The Morgan fingerprint density at radius 3 is 3.06 bits per heavy atom. The van der Waals surface area contributed by atoms with Gasteiger partial charge in [-0.05, 0) is 31.0 Å². The van der Waals surface area contributed by atoms with Crippen LogP contribution in [0.25, 0.3) is 0 Å². The van der Waals surface area contributed by atoms with Gasteiger partial charge in [0.15, 0.2) is 0 Å². The second kappa shape index (κ2) is 6.07. The van der Waals surface area contributed by atoms with Crippen molar-refractivity contribution in [1.29, 1.82) is 0 Å². The Balaban J connectivity index is 1.72. The van der Waals surface area contributed by atoms with Crippen molar-refractivity contribution in [3.05, 3.63) is 24.3 Å². The fourth-order valence-electron chi connectivity index (χ4n) is 2.21. The van der Waals surface area contributed by atoms with Crippen LogP contribution in [0.2, 0.25) is 0 Å². The summed E-state index contributed by atoms with van der Waals surface area (Å²) in [5, 5.41) is 9.80. The molecule has 1 aromatic rings. The summed E-state index contributed by atoms with van der Waals surface area (Å²) < 4.78 is 5.65. The molecule has 0 bridgehead atoms. The Hall–Kier alpha value is -1.26. The quantitative estimate of drug-likeness (QED) is 0.792. The van der Waals surface area contributed by atoms with Gasteiger partial charge in [0, 0.05) is 24.8 Å². The molecule has 3 N–H and O–H groups in total. The van der Waals surface area contributed by atoms with Crippen molar-refractivity contribution in [2.24, 2.45) is 5.92 Å². The number of nitrogens with zero attached hydrogens (tertiary/aromatic N) is 1. The van der Waals surface area contributed by atoms with Gasteiger partial charge in [-0.15, -0.1) is 0 Å². The monoisotopic (exact) mass is 250 g/mol. The summed E-state index contributed by atoms with van der Waals surface area (Å²) in [6.07, 6.45) is 0.852. The molecule has 1 heterocycles. The Morgan fingerprint density at radius 2 is 2.33 bits per heavy atom. The highest BCUT2D eigenvalue weighted by molar-refractivity contribution is 5.43. The third-order valence-electron chi connectivity index (χ3n) is 3.54. The van der Waals surface area contributed by atoms with Crippen LogP contribution in [0.3, 0.4) is 0 Å². The summed E-state index contributed by atoms with van der Waals surface area (Å²) in [5.74, 6) is 1.22. The van der Waals surface area contributed by atoms with Crippen LogP contribution in [0.1, 0.15) is 13.3 Å². The van der Waals surface area contributed by atoms with Crippen molar-refractivity contribution in [1.82, 2.24) is 4.90 Å². The third kappa shape index (κ3) is 3.62. The van der Waals surface area contributed by atoms with Crippen molar-refractivity contribution < 1.29 is 9.84 Å². The number of hydrogen-bond donors (Lipinski definition) is 2. The van der Waals surface area contributed by atoms with E-state index in [1.807, 2.05) is 24.3 Å². The number of ether oxygens (including phenoxy) is 1. The molecule has 18 heavy (non-hydrogen) atoms. The lowest BCUT2D eigenvalue weighted by molar-refractivity contribution is 0.0244. The van der Waals surface area contributed by atoms with E-state index in [-0.39, 0.29) is 6.10 Å². The Bertz CT molecular complexity index is 384. The fraction of sp³-hybridized carbons (Fsp3) is 0.571. The zero-order chi connectivity index (χ0) is 13.0. The number of aliphatic hydroxyl groups excluding tert-OH is 1. The number of likely N-dealkylation sites (tertiary alicyclic amines) is 1. The minimum Gasteiger partial charge on any atom is -0.492 e. The van der Waals surface area contributed by atoms with E-state index in [1.54, 1.807) is 0 Å². The zero-order valence-electron chi connectivity index (χ0n) is 10.9. The van der Waals surface area contributed by atoms with Crippen LogP contribution in [0.15, 0.2) is 24.3 Å². The van der Waals surface area contributed by atoms with Gasteiger partial charge in [-0.2, -0.15) is 0 Å². The highest BCUT2D eigenvalue weighted by Gasteiger charge is 2.23. The normalized spacial score (nSPS) is 25.0. The number of piperidine rings is 1. The van der Waals surface area contributed by atoms with E-state index >= 15 is 0 Å². The van der Waals surface area contributed by atoms with Crippen LogP contribution < -0.4 is 10.5 Å². The molecule has 2 rings (SSSR count). The van der Waals surface area contributed by atoms with Gasteiger partial charge < -0.3 is 15.6 Å².